The molecule has 0 saturated carbocycles. The second kappa shape index (κ2) is 7.13. The van der Waals surface area contributed by atoms with Crippen molar-refractivity contribution in [3.05, 3.63) is 28.3 Å². The van der Waals surface area contributed by atoms with Gasteiger partial charge in [-0.15, -0.1) is 0 Å². The molecule has 118 valence electrons. The van der Waals surface area contributed by atoms with Crippen molar-refractivity contribution in [1.29, 1.82) is 0 Å². The Morgan fingerprint density at radius 3 is 2.57 bits per heavy atom. The second-order valence-electron chi connectivity index (χ2n) is 5.03. The van der Waals surface area contributed by atoms with Gasteiger partial charge in [0, 0.05) is 5.56 Å². The summed E-state index contributed by atoms with van der Waals surface area (Å²) in [5.74, 6) is -0.345. The van der Waals surface area contributed by atoms with E-state index < -0.39 is 15.9 Å². The standard InChI is InChI=1S/C14H20ClNO4S/c1-5-9(2)8-21(18,19)16-14(17)11-7-12(15)13(20-4)6-10(11)3/h6-7,9H,5,8H2,1-4H3,(H,16,17). The fourth-order valence-corrected chi connectivity index (χ4v) is 3.49. The smallest absolute Gasteiger partial charge is 0.265 e. The van der Waals surface area contributed by atoms with Gasteiger partial charge in [-0.3, -0.25) is 4.79 Å². The number of aryl methyl sites for hydroxylation is 1. The summed E-state index contributed by atoms with van der Waals surface area (Å²) in [5, 5.41) is 0.257. The fraction of sp³-hybridized carbons (Fsp3) is 0.500. The molecule has 0 aliphatic rings. The minimum Gasteiger partial charge on any atom is -0.495 e. The number of amides is 1. The number of carbonyl (C=O) groups is 1. The first kappa shape index (κ1) is 17.8. The first-order chi connectivity index (χ1) is 9.70. The van der Waals surface area contributed by atoms with Gasteiger partial charge >= 0.3 is 0 Å². The van der Waals surface area contributed by atoms with Gasteiger partial charge in [-0.1, -0.05) is 31.9 Å². The van der Waals surface area contributed by atoms with Crippen molar-refractivity contribution in [2.24, 2.45) is 5.92 Å². The first-order valence-corrected chi connectivity index (χ1v) is 8.62. The fourth-order valence-electron chi connectivity index (χ4n) is 1.79. The summed E-state index contributed by atoms with van der Waals surface area (Å²) in [5.41, 5.74) is 0.806. The predicted octanol–water partition coefficient (Wildman–Crippen LogP) is 2.76. The van der Waals surface area contributed by atoms with E-state index in [9.17, 15) is 13.2 Å². The summed E-state index contributed by atoms with van der Waals surface area (Å²) < 4.78 is 31.0. The molecule has 0 radical (unpaired) electrons. The molecule has 1 unspecified atom stereocenters. The Labute approximate surface area is 130 Å². The number of carbonyl (C=O) groups excluding carboxylic acids is 1. The lowest BCUT2D eigenvalue weighted by atomic mass is 10.1. The molecule has 0 aromatic heterocycles. The van der Waals surface area contributed by atoms with Crippen LogP contribution >= 0.6 is 11.6 Å². The molecule has 1 aromatic carbocycles. The largest absolute Gasteiger partial charge is 0.495 e. The zero-order valence-electron chi connectivity index (χ0n) is 12.6. The van der Waals surface area contributed by atoms with Gasteiger partial charge < -0.3 is 4.74 Å². The van der Waals surface area contributed by atoms with Crippen LogP contribution in [0.2, 0.25) is 5.02 Å². The van der Waals surface area contributed by atoms with Crippen molar-refractivity contribution < 1.29 is 17.9 Å². The molecule has 7 heteroatoms. The summed E-state index contributed by atoms with van der Waals surface area (Å²) in [4.78, 5) is 12.1. The third-order valence-electron chi connectivity index (χ3n) is 3.19. The van der Waals surface area contributed by atoms with Crippen LogP contribution < -0.4 is 9.46 Å². The van der Waals surface area contributed by atoms with Gasteiger partial charge in [-0.2, -0.15) is 0 Å². The van der Waals surface area contributed by atoms with Gasteiger partial charge in [-0.05, 0) is 30.5 Å². The number of methoxy groups -OCH3 is 1. The third-order valence-corrected chi connectivity index (χ3v) is 4.99. The van der Waals surface area contributed by atoms with Gasteiger partial charge in [-0.25, -0.2) is 13.1 Å². The number of ether oxygens (including phenoxy) is 1. The molecule has 1 N–H and O–H groups in total. The van der Waals surface area contributed by atoms with E-state index in [2.05, 4.69) is 4.72 Å². The Bertz CT molecular complexity index is 628. The van der Waals surface area contributed by atoms with Crippen molar-refractivity contribution >= 4 is 27.5 Å². The highest BCUT2D eigenvalue weighted by Crippen LogP contribution is 2.27. The molecule has 0 bridgehead atoms. The molecular weight excluding hydrogens is 314 g/mol. The van der Waals surface area contributed by atoms with Crippen LogP contribution in [0.15, 0.2) is 12.1 Å². The van der Waals surface area contributed by atoms with E-state index in [4.69, 9.17) is 16.3 Å². The number of rotatable bonds is 6. The van der Waals surface area contributed by atoms with Crippen LogP contribution in [0, 0.1) is 12.8 Å². The zero-order valence-corrected chi connectivity index (χ0v) is 14.1. The first-order valence-electron chi connectivity index (χ1n) is 6.59. The minimum atomic E-state index is -3.66. The van der Waals surface area contributed by atoms with Crippen molar-refractivity contribution in [2.45, 2.75) is 27.2 Å². The molecule has 1 rings (SSSR count). The van der Waals surface area contributed by atoms with Crippen LogP contribution in [0.3, 0.4) is 0 Å². The van der Waals surface area contributed by atoms with E-state index in [1.165, 1.54) is 13.2 Å². The summed E-state index contributed by atoms with van der Waals surface area (Å²) in [7, 11) is -2.19. The number of benzene rings is 1. The van der Waals surface area contributed by atoms with Crippen molar-refractivity contribution in [1.82, 2.24) is 4.72 Å². The SMILES string of the molecule is CCC(C)CS(=O)(=O)NC(=O)c1cc(Cl)c(OC)cc1C. The maximum Gasteiger partial charge on any atom is 0.265 e. The molecular formula is C14H20ClNO4S. The molecule has 0 heterocycles. The maximum absolute atomic E-state index is 12.1. The molecule has 0 fully saturated rings. The van der Waals surface area contributed by atoms with Gasteiger partial charge in [0.25, 0.3) is 5.91 Å². The summed E-state index contributed by atoms with van der Waals surface area (Å²) in [6.45, 7) is 5.41. The monoisotopic (exact) mass is 333 g/mol. The van der Waals surface area contributed by atoms with Gasteiger partial charge in [0.2, 0.25) is 10.0 Å². The molecule has 0 aliphatic heterocycles. The molecule has 1 amide bonds. The Balaban J connectivity index is 2.97. The Morgan fingerprint density at radius 2 is 2.05 bits per heavy atom. The topological polar surface area (TPSA) is 72.5 Å². The molecule has 0 aliphatic carbocycles. The minimum absolute atomic E-state index is 0.0177. The normalized spacial score (nSPS) is 12.8. The van der Waals surface area contributed by atoms with Crippen LogP contribution in [0.25, 0.3) is 0 Å². The van der Waals surface area contributed by atoms with E-state index in [1.807, 2.05) is 13.8 Å². The predicted molar refractivity (Wildman–Crippen MR) is 83.4 cm³/mol. The highest BCUT2D eigenvalue weighted by Gasteiger charge is 2.20. The number of nitrogens with one attached hydrogen (secondary N) is 1. The maximum atomic E-state index is 12.1. The van der Waals surface area contributed by atoms with Gasteiger partial charge in [0.1, 0.15) is 5.75 Å². The summed E-state index contributed by atoms with van der Waals surface area (Å²) >= 11 is 5.97. The van der Waals surface area contributed by atoms with Crippen LogP contribution in [0.5, 0.6) is 5.75 Å². The molecule has 1 aromatic rings. The highest BCUT2D eigenvalue weighted by molar-refractivity contribution is 7.90. The molecule has 0 spiro atoms. The highest BCUT2D eigenvalue weighted by atomic mass is 35.5. The van der Waals surface area contributed by atoms with Gasteiger partial charge in [0.05, 0.1) is 17.9 Å². The average molecular weight is 334 g/mol. The Hall–Kier alpha value is -1.27. The zero-order chi connectivity index (χ0) is 16.2. The van der Waals surface area contributed by atoms with E-state index in [0.29, 0.717) is 11.3 Å². The number of hydrogen-bond donors (Lipinski definition) is 1. The molecule has 21 heavy (non-hydrogen) atoms. The van der Waals surface area contributed by atoms with E-state index >= 15 is 0 Å². The molecule has 5 nitrogen and oxygen atoms in total. The average Bonchev–Trinajstić information content (AvgIpc) is 2.39. The third kappa shape index (κ3) is 4.89. The summed E-state index contributed by atoms with van der Waals surface area (Å²) in [6.07, 6.45) is 0.725. The second-order valence-corrected chi connectivity index (χ2v) is 7.20. The number of sulfonamides is 1. The quantitative estimate of drug-likeness (QED) is 0.868. The van der Waals surface area contributed by atoms with E-state index in [-0.39, 0.29) is 22.3 Å². The Kier molecular flexibility index (Phi) is 6.04. The lowest BCUT2D eigenvalue weighted by Gasteiger charge is -2.13. The van der Waals surface area contributed by atoms with Crippen LogP contribution in [-0.2, 0) is 10.0 Å². The number of hydrogen-bond acceptors (Lipinski definition) is 4. The lowest BCUT2D eigenvalue weighted by Crippen LogP contribution is -2.34. The van der Waals surface area contributed by atoms with Crippen molar-refractivity contribution in [3.8, 4) is 5.75 Å². The van der Waals surface area contributed by atoms with Gasteiger partial charge in [0.15, 0.2) is 0 Å². The van der Waals surface area contributed by atoms with Crippen molar-refractivity contribution in [3.63, 3.8) is 0 Å². The molecule has 0 saturated heterocycles. The molecule has 1 atom stereocenters. The summed E-state index contributed by atoms with van der Waals surface area (Å²) in [6, 6.07) is 3.00. The van der Waals surface area contributed by atoms with E-state index in [0.717, 1.165) is 6.42 Å². The Morgan fingerprint density at radius 1 is 1.43 bits per heavy atom. The van der Waals surface area contributed by atoms with Crippen LogP contribution in [0.1, 0.15) is 36.2 Å². The lowest BCUT2D eigenvalue weighted by molar-refractivity contribution is 0.0980. The van der Waals surface area contributed by atoms with Crippen LogP contribution in [0.4, 0.5) is 0 Å². The van der Waals surface area contributed by atoms with E-state index in [1.54, 1.807) is 13.0 Å². The van der Waals surface area contributed by atoms with Crippen molar-refractivity contribution in [2.75, 3.05) is 12.9 Å². The van der Waals surface area contributed by atoms with Crippen LogP contribution in [-0.4, -0.2) is 27.2 Å². The number of halogens is 1.